The first-order chi connectivity index (χ1) is 8.86. The van der Waals surface area contributed by atoms with Gasteiger partial charge in [-0.1, -0.05) is 17.7 Å². The van der Waals surface area contributed by atoms with E-state index in [2.05, 4.69) is 9.97 Å². The van der Waals surface area contributed by atoms with Gasteiger partial charge < -0.3 is 4.74 Å². The highest BCUT2D eigenvalue weighted by atomic mass is 35.5. The second kappa shape index (κ2) is 5.05. The van der Waals surface area contributed by atoms with E-state index in [9.17, 15) is 13.2 Å². The number of rotatable bonds is 2. The maximum Gasteiger partial charge on any atom is 0.433 e. The molecular weight excluding hydrogens is 281 g/mol. The van der Waals surface area contributed by atoms with Crippen molar-refractivity contribution in [3.8, 4) is 11.8 Å². The number of aryl methyl sites for hydroxylation is 1. The third-order valence-electron chi connectivity index (χ3n) is 2.21. The van der Waals surface area contributed by atoms with Crippen LogP contribution in [0.4, 0.5) is 13.2 Å². The molecule has 1 heterocycles. The third kappa shape index (κ3) is 3.35. The van der Waals surface area contributed by atoms with Crippen molar-refractivity contribution in [1.82, 2.24) is 9.97 Å². The largest absolute Gasteiger partial charge is 0.433 e. The Morgan fingerprint density at radius 1 is 1.21 bits per heavy atom. The van der Waals surface area contributed by atoms with Crippen molar-refractivity contribution in [2.24, 2.45) is 0 Å². The molecular formula is C12H8ClF3N2O. The van der Waals surface area contributed by atoms with Crippen LogP contribution in [0.5, 0.6) is 11.8 Å². The molecule has 0 aliphatic carbocycles. The van der Waals surface area contributed by atoms with Crippen LogP contribution in [-0.4, -0.2) is 9.97 Å². The molecule has 100 valence electrons. The summed E-state index contributed by atoms with van der Waals surface area (Å²) in [6.07, 6.45) is -3.56. The number of hydrogen-bond donors (Lipinski definition) is 0. The van der Waals surface area contributed by atoms with E-state index in [1.807, 2.05) is 6.92 Å². The molecule has 0 atom stereocenters. The van der Waals surface area contributed by atoms with E-state index in [-0.39, 0.29) is 10.8 Å². The van der Waals surface area contributed by atoms with E-state index in [1.54, 1.807) is 18.2 Å². The molecule has 0 fully saturated rings. The predicted octanol–water partition coefficient (Wildman–Crippen LogP) is 4.25. The molecule has 1 aromatic carbocycles. The number of benzene rings is 1. The summed E-state index contributed by atoms with van der Waals surface area (Å²) in [6, 6.07) is 5.25. The molecule has 7 heteroatoms. The van der Waals surface area contributed by atoms with Gasteiger partial charge in [0.25, 0.3) is 0 Å². The second-order valence-electron chi connectivity index (χ2n) is 3.76. The lowest BCUT2D eigenvalue weighted by atomic mass is 10.2. The van der Waals surface area contributed by atoms with E-state index in [4.69, 9.17) is 16.3 Å². The fourth-order valence-corrected chi connectivity index (χ4v) is 1.61. The number of alkyl halides is 3. The van der Waals surface area contributed by atoms with Crippen LogP contribution < -0.4 is 4.74 Å². The molecule has 0 amide bonds. The summed E-state index contributed by atoms with van der Waals surface area (Å²) in [5.74, 6) is 0.201. The minimum atomic E-state index is -4.54. The molecule has 0 aliphatic rings. The van der Waals surface area contributed by atoms with Gasteiger partial charge in [0.2, 0.25) is 0 Å². The molecule has 0 radical (unpaired) electrons. The number of nitrogens with zero attached hydrogens (tertiary/aromatic N) is 2. The van der Waals surface area contributed by atoms with Gasteiger partial charge in [0, 0.05) is 6.20 Å². The maximum absolute atomic E-state index is 12.5. The predicted molar refractivity (Wildman–Crippen MR) is 63.3 cm³/mol. The zero-order valence-corrected chi connectivity index (χ0v) is 10.5. The quantitative estimate of drug-likeness (QED) is 0.828. The zero-order chi connectivity index (χ0) is 14.0. The standard InChI is InChI=1S/C12H8ClF3N2O/c1-7-2-3-9(8(13)6-7)19-11-17-5-4-10(18-11)12(14,15)16/h2-6H,1H3. The molecule has 2 rings (SSSR count). The molecule has 0 N–H and O–H groups in total. The van der Waals surface area contributed by atoms with Gasteiger partial charge in [0.1, 0.15) is 5.75 Å². The molecule has 1 aromatic heterocycles. The minimum Gasteiger partial charge on any atom is -0.423 e. The SMILES string of the molecule is Cc1ccc(Oc2nccc(C(F)(F)F)n2)c(Cl)c1. The van der Waals surface area contributed by atoms with Gasteiger partial charge in [-0.15, -0.1) is 0 Å². The normalized spacial score (nSPS) is 11.4. The Hall–Kier alpha value is -1.82. The Morgan fingerprint density at radius 2 is 1.95 bits per heavy atom. The van der Waals surface area contributed by atoms with E-state index in [1.165, 1.54) is 0 Å². The fraction of sp³-hybridized carbons (Fsp3) is 0.167. The van der Waals surface area contributed by atoms with Gasteiger partial charge in [-0.3, -0.25) is 0 Å². The maximum atomic E-state index is 12.5. The van der Waals surface area contributed by atoms with Crippen LogP contribution >= 0.6 is 11.6 Å². The van der Waals surface area contributed by atoms with Crippen molar-refractivity contribution in [2.45, 2.75) is 13.1 Å². The molecule has 2 aromatic rings. The van der Waals surface area contributed by atoms with E-state index >= 15 is 0 Å². The second-order valence-corrected chi connectivity index (χ2v) is 4.17. The van der Waals surface area contributed by atoms with Crippen LogP contribution in [0.2, 0.25) is 5.02 Å². The van der Waals surface area contributed by atoms with Crippen molar-refractivity contribution < 1.29 is 17.9 Å². The van der Waals surface area contributed by atoms with Gasteiger partial charge in [0.05, 0.1) is 5.02 Å². The minimum absolute atomic E-state index is 0.201. The molecule has 19 heavy (non-hydrogen) atoms. The van der Waals surface area contributed by atoms with Crippen molar-refractivity contribution >= 4 is 11.6 Å². The number of aromatic nitrogens is 2. The zero-order valence-electron chi connectivity index (χ0n) is 9.70. The van der Waals surface area contributed by atoms with Crippen molar-refractivity contribution in [3.05, 3.63) is 46.7 Å². The molecule has 3 nitrogen and oxygen atoms in total. The Morgan fingerprint density at radius 3 is 2.58 bits per heavy atom. The summed E-state index contributed by atoms with van der Waals surface area (Å²) in [5, 5.41) is 0.279. The molecule has 0 saturated carbocycles. The van der Waals surface area contributed by atoms with Crippen LogP contribution in [-0.2, 0) is 6.18 Å². The lowest BCUT2D eigenvalue weighted by Crippen LogP contribution is -2.08. The van der Waals surface area contributed by atoms with Crippen LogP contribution in [0.3, 0.4) is 0 Å². The monoisotopic (exact) mass is 288 g/mol. The first kappa shape index (κ1) is 13.6. The van der Waals surface area contributed by atoms with Gasteiger partial charge >= 0.3 is 12.2 Å². The van der Waals surface area contributed by atoms with Crippen LogP contribution in [0.25, 0.3) is 0 Å². The number of ether oxygens (including phenoxy) is 1. The van der Waals surface area contributed by atoms with Crippen LogP contribution in [0.1, 0.15) is 11.3 Å². The molecule has 0 spiro atoms. The van der Waals surface area contributed by atoms with Crippen LogP contribution in [0.15, 0.2) is 30.5 Å². The smallest absolute Gasteiger partial charge is 0.423 e. The lowest BCUT2D eigenvalue weighted by molar-refractivity contribution is -0.141. The highest BCUT2D eigenvalue weighted by Gasteiger charge is 2.33. The lowest BCUT2D eigenvalue weighted by Gasteiger charge is -2.09. The van der Waals surface area contributed by atoms with E-state index in [0.29, 0.717) is 0 Å². The Kier molecular flexibility index (Phi) is 3.61. The molecule has 0 saturated heterocycles. The summed E-state index contributed by atoms with van der Waals surface area (Å²) in [6.45, 7) is 1.83. The average molecular weight is 289 g/mol. The summed E-state index contributed by atoms with van der Waals surface area (Å²) in [4.78, 5) is 6.91. The molecule has 0 aliphatic heterocycles. The topological polar surface area (TPSA) is 35.0 Å². The summed E-state index contributed by atoms with van der Waals surface area (Å²) in [7, 11) is 0. The van der Waals surface area contributed by atoms with Gasteiger partial charge in [-0.2, -0.15) is 18.2 Å². The van der Waals surface area contributed by atoms with E-state index < -0.39 is 17.9 Å². The first-order valence-electron chi connectivity index (χ1n) is 5.20. The molecule has 0 bridgehead atoms. The number of hydrogen-bond acceptors (Lipinski definition) is 3. The average Bonchev–Trinajstić information content (AvgIpc) is 2.32. The van der Waals surface area contributed by atoms with Gasteiger partial charge in [0.15, 0.2) is 5.69 Å². The first-order valence-corrected chi connectivity index (χ1v) is 5.58. The highest BCUT2D eigenvalue weighted by molar-refractivity contribution is 6.32. The highest BCUT2D eigenvalue weighted by Crippen LogP contribution is 2.31. The van der Waals surface area contributed by atoms with E-state index in [0.717, 1.165) is 17.8 Å². The van der Waals surface area contributed by atoms with Gasteiger partial charge in [-0.25, -0.2) is 4.98 Å². The summed E-state index contributed by atoms with van der Waals surface area (Å²) in [5.41, 5.74) is -0.164. The third-order valence-corrected chi connectivity index (χ3v) is 2.51. The Balaban J connectivity index is 2.29. The summed E-state index contributed by atoms with van der Waals surface area (Å²) < 4.78 is 42.5. The Labute approximate surface area is 112 Å². The molecule has 0 unspecified atom stereocenters. The fourth-order valence-electron chi connectivity index (χ4n) is 1.33. The summed E-state index contributed by atoms with van der Waals surface area (Å²) >= 11 is 5.91. The van der Waals surface area contributed by atoms with Gasteiger partial charge in [-0.05, 0) is 30.7 Å². The number of halogens is 4. The van der Waals surface area contributed by atoms with Crippen molar-refractivity contribution in [1.29, 1.82) is 0 Å². The van der Waals surface area contributed by atoms with Crippen molar-refractivity contribution in [2.75, 3.05) is 0 Å². The Bertz CT molecular complexity index is 602. The van der Waals surface area contributed by atoms with Crippen molar-refractivity contribution in [3.63, 3.8) is 0 Å². The van der Waals surface area contributed by atoms with Crippen LogP contribution in [0, 0.1) is 6.92 Å².